The van der Waals surface area contributed by atoms with Crippen molar-refractivity contribution in [2.24, 2.45) is 34.5 Å². The molecule has 0 amide bonds. The number of ether oxygens (including phenoxy) is 2. The number of aliphatic carboxylic acids is 1. The van der Waals surface area contributed by atoms with Gasteiger partial charge in [-0.1, -0.05) is 39.8 Å². The molecule has 9 heteroatoms. The summed E-state index contributed by atoms with van der Waals surface area (Å²) in [5, 5.41) is 8.73. The zero-order valence-electron chi connectivity index (χ0n) is 19.3. The molecular formula is C22H32O9. The molecule has 0 saturated heterocycles. The van der Waals surface area contributed by atoms with Gasteiger partial charge in [-0.2, -0.15) is 0 Å². The smallest absolute Gasteiger partial charge is 0.330 e. The van der Waals surface area contributed by atoms with Crippen LogP contribution in [0.1, 0.15) is 41.5 Å². The molecule has 0 aliphatic heterocycles. The van der Waals surface area contributed by atoms with Crippen LogP contribution in [0.3, 0.4) is 0 Å². The van der Waals surface area contributed by atoms with E-state index in [9.17, 15) is 19.2 Å². The average Bonchev–Trinajstić information content (AvgIpc) is 3.48. The van der Waals surface area contributed by atoms with Gasteiger partial charge in [0.05, 0.1) is 26.1 Å². The molecule has 31 heavy (non-hydrogen) atoms. The lowest BCUT2D eigenvalue weighted by molar-refractivity contribution is -0.144. The lowest BCUT2D eigenvalue weighted by Crippen LogP contribution is -2.07. The van der Waals surface area contributed by atoms with Gasteiger partial charge in [0, 0.05) is 15.5 Å². The van der Waals surface area contributed by atoms with Gasteiger partial charge in [-0.05, 0) is 42.1 Å². The molecule has 0 aromatic carbocycles. The summed E-state index contributed by atoms with van der Waals surface area (Å²) in [5.74, 6) is -1.59. The Hall–Kier alpha value is -2.84. The fourth-order valence-corrected chi connectivity index (χ4v) is 3.79. The maximum absolute atomic E-state index is 11.4. The Morgan fingerprint density at radius 3 is 1.45 bits per heavy atom. The summed E-state index contributed by atoms with van der Waals surface area (Å²) >= 11 is 0. The van der Waals surface area contributed by atoms with E-state index in [0.29, 0.717) is 5.57 Å². The molecule has 1 N–H and O–H groups in total. The highest BCUT2D eigenvalue weighted by Gasteiger charge is 2.62. The molecule has 0 aromatic heterocycles. The van der Waals surface area contributed by atoms with Crippen molar-refractivity contribution >= 4 is 24.2 Å². The monoisotopic (exact) mass is 440 g/mol. The number of hydrogen-bond donors (Lipinski definition) is 1. The maximum atomic E-state index is 11.4. The van der Waals surface area contributed by atoms with Crippen LogP contribution in [0.25, 0.3) is 0 Å². The first kappa shape index (κ1) is 28.2. The molecule has 2 aliphatic carbocycles. The second kappa shape index (κ2) is 11.0. The van der Waals surface area contributed by atoms with E-state index in [1.165, 1.54) is 21.1 Å². The van der Waals surface area contributed by atoms with Crippen LogP contribution >= 0.6 is 0 Å². The van der Waals surface area contributed by atoms with Crippen LogP contribution in [0.15, 0.2) is 23.3 Å². The molecule has 0 aromatic rings. The first-order chi connectivity index (χ1) is 14.3. The van der Waals surface area contributed by atoms with Gasteiger partial charge < -0.3 is 14.6 Å². The Bertz CT molecular complexity index is 761. The Morgan fingerprint density at radius 1 is 0.806 bits per heavy atom. The Morgan fingerprint density at radius 2 is 1.16 bits per heavy atom. The van der Waals surface area contributed by atoms with Gasteiger partial charge in [-0.25, -0.2) is 4.79 Å². The fraction of sp³-hybridized carbons (Fsp3) is 0.636. The summed E-state index contributed by atoms with van der Waals surface area (Å²) in [6, 6.07) is 0. The highest BCUT2D eigenvalue weighted by atomic mass is 16.7. The lowest BCUT2D eigenvalue weighted by Gasteiger charge is -1.99. The van der Waals surface area contributed by atoms with Gasteiger partial charge in [0.25, 0.3) is 0 Å². The predicted molar refractivity (Wildman–Crippen MR) is 114 cm³/mol. The first-order valence-electron chi connectivity index (χ1n) is 9.64. The second-order valence-electron chi connectivity index (χ2n) is 8.88. The molecule has 0 unspecified atom stereocenters. The Balaban J connectivity index is 0.000000539. The summed E-state index contributed by atoms with van der Waals surface area (Å²) in [7, 11) is 2.74. The molecule has 2 saturated carbocycles. The second-order valence-corrected chi connectivity index (χ2v) is 8.88. The number of rotatable bonds is 6. The third-order valence-corrected chi connectivity index (χ3v) is 6.13. The van der Waals surface area contributed by atoms with Crippen LogP contribution in [0.2, 0.25) is 0 Å². The number of carbonyl (C=O) groups excluding carboxylic acids is 3. The van der Waals surface area contributed by atoms with Crippen molar-refractivity contribution in [3.63, 3.8) is 0 Å². The van der Waals surface area contributed by atoms with E-state index < -0.39 is 5.97 Å². The van der Waals surface area contributed by atoms with E-state index in [1.807, 2.05) is 33.8 Å². The van der Waals surface area contributed by atoms with Gasteiger partial charge >= 0.3 is 17.9 Å². The number of carboxylic acids is 1. The van der Waals surface area contributed by atoms with E-state index in [-0.39, 0.29) is 52.0 Å². The normalized spacial score (nSPS) is 27.2. The van der Waals surface area contributed by atoms with Gasteiger partial charge in [0.2, 0.25) is 0 Å². The molecule has 2 aliphatic rings. The Kier molecular flexibility index (Phi) is 9.97. The predicted octanol–water partition coefficient (Wildman–Crippen LogP) is 3.11. The molecule has 0 radical (unpaired) electrons. The maximum Gasteiger partial charge on any atom is 0.330 e. The summed E-state index contributed by atoms with van der Waals surface area (Å²) < 4.78 is 9.37. The topological polar surface area (TPSA) is 141 Å². The lowest BCUT2D eigenvalue weighted by atomic mass is 10.1. The fourth-order valence-electron chi connectivity index (χ4n) is 3.79. The number of carboxylic acid groups (broad SMARTS) is 1. The number of esters is 2. The van der Waals surface area contributed by atoms with Crippen LogP contribution in [0.4, 0.5) is 0 Å². The van der Waals surface area contributed by atoms with Crippen molar-refractivity contribution in [3.8, 4) is 0 Å². The Labute approximate surface area is 182 Å². The molecule has 0 bridgehead atoms. The molecule has 4 atom stereocenters. The van der Waals surface area contributed by atoms with Gasteiger partial charge in [-0.3, -0.25) is 14.4 Å². The van der Waals surface area contributed by atoms with E-state index in [4.69, 9.17) is 19.8 Å². The zero-order chi connectivity index (χ0) is 24.7. The van der Waals surface area contributed by atoms with Crippen LogP contribution < -0.4 is 0 Å². The van der Waals surface area contributed by atoms with Gasteiger partial charge in [0.1, 0.15) is 6.29 Å². The molecule has 0 heterocycles. The molecular weight excluding hydrogens is 408 g/mol. The third-order valence-electron chi connectivity index (χ3n) is 6.13. The SMILES string of the molecule is COC(=O)[C@@H]1[C@@H](/C=C(\C)C(=O)O)C1(C)C.COC(=O)[C@@H]1[C@@H](/C=C(\C)C=O)C1(C)C.O=O. The number of hydrogen-bond acceptors (Lipinski definition) is 8. The summed E-state index contributed by atoms with van der Waals surface area (Å²) in [5.41, 5.74) is 0.690. The van der Waals surface area contributed by atoms with Crippen molar-refractivity contribution in [1.82, 2.24) is 0 Å². The van der Waals surface area contributed by atoms with Crippen molar-refractivity contribution in [2.45, 2.75) is 41.5 Å². The summed E-state index contributed by atoms with van der Waals surface area (Å²) in [6.07, 6.45) is 4.31. The largest absolute Gasteiger partial charge is 0.478 e. The van der Waals surface area contributed by atoms with Crippen LogP contribution in [0, 0.1) is 44.4 Å². The van der Waals surface area contributed by atoms with Crippen molar-refractivity contribution in [3.05, 3.63) is 33.2 Å². The molecule has 0 spiro atoms. The molecule has 174 valence electrons. The first-order valence-corrected chi connectivity index (χ1v) is 9.64. The van der Waals surface area contributed by atoms with Gasteiger partial charge in [-0.15, -0.1) is 0 Å². The highest BCUT2D eigenvalue weighted by molar-refractivity contribution is 5.86. The van der Waals surface area contributed by atoms with E-state index >= 15 is 0 Å². The van der Waals surface area contributed by atoms with Crippen molar-refractivity contribution in [2.75, 3.05) is 14.2 Å². The minimum Gasteiger partial charge on any atom is -0.478 e. The quantitative estimate of drug-likeness (QED) is 0.374. The van der Waals surface area contributed by atoms with Crippen LogP contribution in [0.5, 0.6) is 0 Å². The third kappa shape index (κ3) is 6.57. The summed E-state index contributed by atoms with van der Waals surface area (Å²) in [4.78, 5) is 57.8. The van der Waals surface area contributed by atoms with Gasteiger partial charge in [0.15, 0.2) is 0 Å². The standard InChI is InChI=1S/C11H16O4.C11H16O3.O2/c1-6(9(12)13)5-7-8(10(14)15-4)11(7,2)3;1-7(6-12)5-8-9(10(13)14-4)11(8,2)3;1-2/h5,7-8H,1-4H3,(H,12,13);5-6,8-9H,1-4H3;/b6-5+;7-5+;/t7-,8+;8-,9+;/m11./s1. The van der Waals surface area contributed by atoms with E-state index in [2.05, 4.69) is 4.74 Å². The van der Waals surface area contributed by atoms with E-state index in [0.717, 1.165) is 6.29 Å². The zero-order valence-corrected chi connectivity index (χ0v) is 19.3. The van der Waals surface area contributed by atoms with E-state index in [1.54, 1.807) is 13.0 Å². The van der Waals surface area contributed by atoms with Crippen molar-refractivity contribution < 1.29 is 33.8 Å². The van der Waals surface area contributed by atoms with Crippen LogP contribution in [-0.4, -0.2) is 43.5 Å². The minimum absolute atomic E-state index is 0.0268. The number of methoxy groups -OCH3 is 2. The minimum atomic E-state index is -0.943. The number of carbonyl (C=O) groups is 4. The molecule has 2 rings (SSSR count). The molecule has 9 nitrogen and oxygen atoms in total. The highest BCUT2D eigenvalue weighted by Crippen LogP contribution is 2.60. The molecule has 2 fully saturated rings. The summed E-state index contributed by atoms with van der Waals surface area (Å²) in [6.45, 7) is 11.2. The van der Waals surface area contributed by atoms with Crippen LogP contribution in [-0.2, 0) is 28.7 Å². The van der Waals surface area contributed by atoms with Crippen molar-refractivity contribution in [1.29, 1.82) is 0 Å². The average molecular weight is 440 g/mol. The number of aldehydes is 1. The number of allylic oxidation sites excluding steroid dienone is 3.